The number of nitrogens with zero attached hydrogens (tertiary/aromatic N) is 2. The van der Waals surface area contributed by atoms with Crippen LogP contribution in [0.2, 0.25) is 0 Å². The number of nitrogens with one attached hydrogen (secondary N) is 1. The van der Waals surface area contributed by atoms with Crippen molar-refractivity contribution in [2.45, 2.75) is 31.4 Å². The van der Waals surface area contributed by atoms with Gasteiger partial charge in [-0.15, -0.1) is 0 Å². The van der Waals surface area contributed by atoms with Gasteiger partial charge in [0.15, 0.2) is 11.4 Å². The van der Waals surface area contributed by atoms with Gasteiger partial charge >= 0.3 is 0 Å². The van der Waals surface area contributed by atoms with Gasteiger partial charge < -0.3 is 36.4 Å². The fourth-order valence-electron chi connectivity index (χ4n) is 6.69. The van der Waals surface area contributed by atoms with Crippen LogP contribution in [0.15, 0.2) is 53.3 Å². The molecule has 1 saturated carbocycles. The number of primary amides is 1. The Kier molecular flexibility index (Phi) is 9.25. The molecule has 0 aromatic heterocycles. The third-order valence-corrected chi connectivity index (χ3v) is 8.67. The van der Waals surface area contributed by atoms with Gasteiger partial charge in [-0.3, -0.25) is 24.1 Å². The van der Waals surface area contributed by atoms with E-state index in [1.807, 2.05) is 50.2 Å². The number of amides is 2. The number of hydrogen-bond acceptors (Lipinski definition) is 10. The highest BCUT2D eigenvalue weighted by molar-refractivity contribution is 6.24. The first-order valence-corrected chi connectivity index (χ1v) is 14.5. The summed E-state index contributed by atoms with van der Waals surface area (Å²) in [5.74, 6) is -6.56. The molecule has 1 fully saturated rings. The molecule has 0 saturated heterocycles. The maximum absolute atomic E-state index is 13.9. The fourth-order valence-corrected chi connectivity index (χ4v) is 6.69. The van der Waals surface area contributed by atoms with Crippen LogP contribution in [0, 0.1) is 18.8 Å². The van der Waals surface area contributed by atoms with E-state index in [4.69, 9.17) is 5.73 Å². The summed E-state index contributed by atoms with van der Waals surface area (Å²) in [5, 5.41) is 47.1. The largest absolute Gasteiger partial charge is 0.508 e. The number of nitrogens with two attached hydrogens (primary N) is 1. The average Bonchev–Trinajstić information content (AvgIpc) is 2.94. The Morgan fingerprint density at radius 3 is 2.27 bits per heavy atom. The standard InChI is InChI=1S/C28H28N2O7.C5H12N2O/c1-12-5-4-6-13(9-12)15-7-8-18(31)20-16(15)10-14-11-17-22(30(2)3)24(33)21(27(29)36)26(35)28(17,37)25(34)19(14)23(20)32;1-6-5(8)4-7(2)3/h4-9,14,17,22,31-32,35,37H,10-11H2,1-3H3,(H2,29,36);4H2,1-3H3,(H,6,8)/t14-,17-,22-,28-;/m0./s1. The molecule has 0 bridgehead atoms. The molecule has 0 heterocycles. The predicted octanol–water partition coefficient (Wildman–Crippen LogP) is 1.23. The van der Waals surface area contributed by atoms with Gasteiger partial charge in [-0.25, -0.2) is 0 Å². The molecule has 12 heteroatoms. The number of phenols is 1. The number of likely N-dealkylation sites (N-methyl/N-ethyl adjacent to an activating group) is 3. The van der Waals surface area contributed by atoms with E-state index in [0.29, 0.717) is 12.1 Å². The summed E-state index contributed by atoms with van der Waals surface area (Å²) < 4.78 is 0. The van der Waals surface area contributed by atoms with E-state index in [-0.39, 0.29) is 35.6 Å². The van der Waals surface area contributed by atoms with E-state index in [2.05, 4.69) is 5.32 Å². The number of Topliss-reactive ketones (excluding diaryl/α,β-unsaturated/α-hetero) is 2. The van der Waals surface area contributed by atoms with Gasteiger partial charge in [0, 0.05) is 18.5 Å². The van der Waals surface area contributed by atoms with Gasteiger partial charge in [-0.1, -0.05) is 35.9 Å². The number of ketones is 2. The van der Waals surface area contributed by atoms with Crippen LogP contribution in [0.4, 0.5) is 0 Å². The Balaban J connectivity index is 0.000000510. The first-order valence-electron chi connectivity index (χ1n) is 14.5. The quantitative estimate of drug-likeness (QED) is 0.265. The third-order valence-electron chi connectivity index (χ3n) is 8.67. The first-order chi connectivity index (χ1) is 21.1. The van der Waals surface area contributed by atoms with Gasteiger partial charge in [0.25, 0.3) is 5.91 Å². The maximum atomic E-state index is 13.9. The van der Waals surface area contributed by atoms with Crippen molar-refractivity contribution in [1.82, 2.24) is 15.1 Å². The molecule has 2 amide bonds. The minimum atomic E-state index is -2.64. The third kappa shape index (κ3) is 5.72. The number of benzene rings is 2. The Morgan fingerprint density at radius 1 is 1.07 bits per heavy atom. The van der Waals surface area contributed by atoms with Crippen molar-refractivity contribution >= 4 is 29.1 Å². The van der Waals surface area contributed by atoms with E-state index in [0.717, 1.165) is 16.7 Å². The molecule has 12 nitrogen and oxygen atoms in total. The van der Waals surface area contributed by atoms with Crippen LogP contribution in [0.1, 0.15) is 23.1 Å². The van der Waals surface area contributed by atoms with E-state index in [9.17, 15) is 39.6 Å². The van der Waals surface area contributed by atoms with Crippen molar-refractivity contribution < 1.29 is 39.6 Å². The number of aliphatic hydroxyl groups is 3. The number of hydrogen-bond donors (Lipinski definition) is 6. The highest BCUT2D eigenvalue weighted by atomic mass is 16.3. The second kappa shape index (κ2) is 12.5. The van der Waals surface area contributed by atoms with Crippen molar-refractivity contribution in [1.29, 1.82) is 0 Å². The first kappa shape index (κ1) is 33.4. The van der Waals surface area contributed by atoms with E-state index in [1.54, 1.807) is 27.2 Å². The molecule has 45 heavy (non-hydrogen) atoms. The molecule has 240 valence electrons. The van der Waals surface area contributed by atoms with Crippen molar-refractivity contribution in [2.75, 3.05) is 41.8 Å². The number of aliphatic hydroxyl groups excluding tert-OH is 2. The molecule has 3 aliphatic rings. The topological polar surface area (TPSA) is 194 Å². The number of phenolic OH excluding ortho intramolecular Hbond substituents is 1. The predicted molar refractivity (Wildman–Crippen MR) is 167 cm³/mol. The van der Waals surface area contributed by atoms with Crippen LogP contribution < -0.4 is 11.1 Å². The lowest BCUT2D eigenvalue weighted by atomic mass is 9.57. The van der Waals surface area contributed by atoms with E-state index < -0.39 is 58.0 Å². The molecule has 2 aromatic rings. The van der Waals surface area contributed by atoms with Crippen LogP contribution in [-0.4, -0.2) is 107 Å². The molecular formula is C33H40N4O8. The van der Waals surface area contributed by atoms with Gasteiger partial charge in [0.2, 0.25) is 11.7 Å². The maximum Gasteiger partial charge on any atom is 0.255 e. The normalized spacial score (nSPS) is 24.1. The second-order valence-electron chi connectivity index (χ2n) is 12.2. The zero-order valence-electron chi connectivity index (χ0n) is 26.2. The number of aryl methyl sites for hydroxylation is 1. The summed E-state index contributed by atoms with van der Waals surface area (Å²) in [7, 11) is 8.49. The molecular weight excluding hydrogens is 580 g/mol. The lowest BCUT2D eigenvalue weighted by Gasteiger charge is -2.50. The summed E-state index contributed by atoms with van der Waals surface area (Å²) in [6, 6.07) is 9.82. The molecule has 7 N–H and O–H groups in total. The lowest BCUT2D eigenvalue weighted by molar-refractivity contribution is -0.153. The minimum absolute atomic E-state index is 0.0503. The van der Waals surface area contributed by atoms with Crippen LogP contribution >= 0.6 is 0 Å². The van der Waals surface area contributed by atoms with Crippen molar-refractivity contribution in [2.24, 2.45) is 17.6 Å². The Hall–Kier alpha value is -4.52. The molecule has 5 rings (SSSR count). The summed E-state index contributed by atoms with van der Waals surface area (Å²) in [6.45, 7) is 2.42. The highest BCUT2D eigenvalue weighted by Gasteiger charge is 2.64. The summed E-state index contributed by atoms with van der Waals surface area (Å²) >= 11 is 0. The number of carbonyl (C=O) groups excluding carboxylic acids is 4. The van der Waals surface area contributed by atoms with Crippen LogP contribution in [0.25, 0.3) is 16.9 Å². The number of fused-ring (bicyclic) bond motifs is 3. The van der Waals surface area contributed by atoms with Gasteiger partial charge in [-0.05, 0) is 76.6 Å². The smallest absolute Gasteiger partial charge is 0.255 e. The molecule has 0 unspecified atom stereocenters. The zero-order valence-corrected chi connectivity index (χ0v) is 26.2. The van der Waals surface area contributed by atoms with Crippen LogP contribution in [0.3, 0.4) is 0 Å². The second-order valence-corrected chi connectivity index (χ2v) is 12.2. The average molecular weight is 621 g/mol. The Labute approximate surface area is 261 Å². The summed E-state index contributed by atoms with van der Waals surface area (Å²) in [6.07, 6.45) is 0.293. The summed E-state index contributed by atoms with van der Waals surface area (Å²) in [5.41, 5.74) is 5.10. The van der Waals surface area contributed by atoms with Crippen molar-refractivity contribution in [3.05, 3.63) is 70.0 Å². The lowest BCUT2D eigenvalue weighted by Crippen LogP contribution is -2.65. The number of rotatable bonds is 5. The number of aromatic hydroxyl groups is 1. The zero-order chi connectivity index (χ0) is 33.5. The molecule has 0 spiro atoms. The van der Waals surface area contributed by atoms with Crippen LogP contribution in [-0.2, 0) is 25.6 Å². The van der Waals surface area contributed by atoms with Gasteiger partial charge in [-0.2, -0.15) is 0 Å². The molecule has 0 radical (unpaired) electrons. The van der Waals surface area contributed by atoms with Gasteiger partial charge in [0.1, 0.15) is 22.8 Å². The van der Waals surface area contributed by atoms with E-state index in [1.165, 1.54) is 11.0 Å². The molecule has 2 aromatic carbocycles. The number of carbonyl (C=O) groups is 4. The highest BCUT2D eigenvalue weighted by Crippen LogP contribution is 2.53. The van der Waals surface area contributed by atoms with Crippen LogP contribution in [0.5, 0.6) is 5.75 Å². The Bertz CT molecular complexity index is 1640. The SMILES string of the molecule is CNC(=O)CN(C)C.Cc1cccc(-c2ccc(O)c3c2C[C@H]2C[C@H]4[C@H](N(C)C)C(=O)C(C(N)=O)=C(O)[C@@]4(O)C(=O)C2=C3O)c1. The molecule has 0 aliphatic heterocycles. The van der Waals surface area contributed by atoms with Gasteiger partial charge in [0.05, 0.1) is 18.2 Å². The molecule has 3 aliphatic carbocycles. The summed E-state index contributed by atoms with van der Waals surface area (Å²) in [4.78, 5) is 52.9. The molecule has 4 atom stereocenters. The fraction of sp³-hybridized carbons (Fsp3) is 0.394. The minimum Gasteiger partial charge on any atom is -0.508 e. The Morgan fingerprint density at radius 2 is 1.73 bits per heavy atom. The van der Waals surface area contributed by atoms with Crippen molar-refractivity contribution in [3.8, 4) is 16.9 Å². The monoisotopic (exact) mass is 620 g/mol. The van der Waals surface area contributed by atoms with Crippen molar-refractivity contribution in [3.63, 3.8) is 0 Å². The van der Waals surface area contributed by atoms with E-state index >= 15 is 0 Å².